The Morgan fingerprint density at radius 3 is 2.70 bits per heavy atom. The Morgan fingerprint density at radius 2 is 1.93 bits per heavy atom. The normalized spacial score (nSPS) is 10.9. The third kappa shape index (κ3) is 3.15. The second-order valence-corrected chi connectivity index (χ2v) is 6.05. The van der Waals surface area contributed by atoms with E-state index in [0.29, 0.717) is 11.4 Å². The van der Waals surface area contributed by atoms with Crippen molar-refractivity contribution < 1.29 is 4.79 Å². The standard InChI is InChI=1S/C19H15N5O3/c1-11-5-4-8-24-10-15(20-17(11)24)12-6-2-3-7-13(12)21-18(26)14-9-16(25)23-19(27)22-14/h2-10H,1H3,(H,21,26)(H2,22,23,25,27). The lowest BCUT2D eigenvalue weighted by Gasteiger charge is -2.09. The van der Waals surface area contributed by atoms with Gasteiger partial charge in [0.05, 0.1) is 11.4 Å². The first-order valence-electron chi connectivity index (χ1n) is 8.20. The molecule has 0 atom stereocenters. The van der Waals surface area contributed by atoms with Gasteiger partial charge >= 0.3 is 5.69 Å². The molecule has 3 aromatic heterocycles. The second-order valence-electron chi connectivity index (χ2n) is 6.05. The van der Waals surface area contributed by atoms with Gasteiger partial charge in [-0.15, -0.1) is 0 Å². The Kier molecular flexibility index (Phi) is 3.92. The van der Waals surface area contributed by atoms with Gasteiger partial charge in [0.15, 0.2) is 0 Å². The van der Waals surface area contributed by atoms with Crippen molar-refractivity contribution in [3.63, 3.8) is 0 Å². The largest absolute Gasteiger partial charge is 0.326 e. The zero-order valence-electron chi connectivity index (χ0n) is 14.3. The first kappa shape index (κ1) is 16.5. The number of aryl methyl sites for hydroxylation is 1. The Bertz CT molecular complexity index is 1250. The molecule has 0 aliphatic heterocycles. The zero-order valence-corrected chi connectivity index (χ0v) is 14.3. The summed E-state index contributed by atoms with van der Waals surface area (Å²) in [5, 5.41) is 2.73. The van der Waals surface area contributed by atoms with Crippen LogP contribution >= 0.6 is 0 Å². The molecule has 0 saturated heterocycles. The average Bonchev–Trinajstić information content (AvgIpc) is 3.07. The molecule has 1 amide bonds. The summed E-state index contributed by atoms with van der Waals surface area (Å²) in [6.45, 7) is 1.98. The number of imidazole rings is 1. The molecule has 0 radical (unpaired) electrons. The molecule has 3 N–H and O–H groups in total. The van der Waals surface area contributed by atoms with E-state index in [1.54, 1.807) is 12.1 Å². The molecule has 0 bridgehead atoms. The van der Waals surface area contributed by atoms with Crippen molar-refractivity contribution in [2.24, 2.45) is 0 Å². The minimum atomic E-state index is -0.739. The summed E-state index contributed by atoms with van der Waals surface area (Å²) in [6.07, 6.45) is 3.78. The first-order valence-corrected chi connectivity index (χ1v) is 8.20. The number of aromatic amines is 2. The van der Waals surface area contributed by atoms with Crippen LogP contribution in [0.2, 0.25) is 0 Å². The SMILES string of the molecule is Cc1cccn2cc(-c3ccccc3NC(=O)c3cc(=O)[nH]c(=O)[nH]3)nc12. The first-order chi connectivity index (χ1) is 13.0. The van der Waals surface area contributed by atoms with Crippen LogP contribution in [0.1, 0.15) is 16.1 Å². The zero-order chi connectivity index (χ0) is 19.0. The Morgan fingerprint density at radius 1 is 1.11 bits per heavy atom. The van der Waals surface area contributed by atoms with Crippen LogP contribution in [-0.4, -0.2) is 25.3 Å². The maximum absolute atomic E-state index is 12.5. The number of carbonyl (C=O) groups excluding carboxylic acids is 1. The number of hydrogen-bond acceptors (Lipinski definition) is 4. The van der Waals surface area contributed by atoms with Gasteiger partial charge in [-0.05, 0) is 24.6 Å². The van der Waals surface area contributed by atoms with Crippen molar-refractivity contribution in [1.29, 1.82) is 0 Å². The number of hydrogen-bond donors (Lipinski definition) is 3. The third-order valence-electron chi connectivity index (χ3n) is 4.13. The highest BCUT2D eigenvalue weighted by Crippen LogP contribution is 2.28. The minimum Gasteiger partial charge on any atom is -0.320 e. The summed E-state index contributed by atoms with van der Waals surface area (Å²) in [7, 11) is 0. The number of amides is 1. The van der Waals surface area contributed by atoms with E-state index >= 15 is 0 Å². The predicted molar refractivity (Wildman–Crippen MR) is 101 cm³/mol. The molecule has 27 heavy (non-hydrogen) atoms. The summed E-state index contributed by atoms with van der Waals surface area (Å²) >= 11 is 0. The van der Waals surface area contributed by atoms with Crippen molar-refractivity contribution in [3.05, 3.63) is 87.0 Å². The molecule has 3 heterocycles. The van der Waals surface area contributed by atoms with Gasteiger partial charge in [-0.25, -0.2) is 9.78 Å². The number of nitrogens with zero attached hydrogens (tertiary/aromatic N) is 2. The van der Waals surface area contributed by atoms with Crippen LogP contribution < -0.4 is 16.6 Å². The fourth-order valence-corrected chi connectivity index (χ4v) is 2.88. The topological polar surface area (TPSA) is 112 Å². The van der Waals surface area contributed by atoms with E-state index < -0.39 is 17.2 Å². The van der Waals surface area contributed by atoms with E-state index in [0.717, 1.165) is 22.8 Å². The Balaban J connectivity index is 1.74. The van der Waals surface area contributed by atoms with Crippen molar-refractivity contribution >= 4 is 17.2 Å². The van der Waals surface area contributed by atoms with E-state index in [-0.39, 0.29) is 5.69 Å². The monoisotopic (exact) mass is 361 g/mol. The number of rotatable bonds is 3. The summed E-state index contributed by atoms with van der Waals surface area (Å²) in [4.78, 5) is 44.3. The summed E-state index contributed by atoms with van der Waals surface area (Å²) < 4.78 is 1.91. The van der Waals surface area contributed by atoms with Gasteiger partial charge in [-0.3, -0.25) is 14.6 Å². The molecule has 1 aromatic carbocycles. The highest BCUT2D eigenvalue weighted by molar-refractivity contribution is 6.04. The molecule has 0 unspecified atom stereocenters. The fraction of sp³-hybridized carbons (Fsp3) is 0.0526. The molecule has 0 fully saturated rings. The van der Waals surface area contributed by atoms with Crippen LogP contribution in [0.4, 0.5) is 5.69 Å². The number of para-hydroxylation sites is 1. The highest BCUT2D eigenvalue weighted by Gasteiger charge is 2.14. The van der Waals surface area contributed by atoms with Crippen LogP contribution in [0, 0.1) is 6.92 Å². The van der Waals surface area contributed by atoms with Gasteiger partial charge in [-0.1, -0.05) is 24.3 Å². The summed E-state index contributed by atoms with van der Waals surface area (Å²) in [6, 6.07) is 12.1. The number of H-pyrrole nitrogens is 2. The van der Waals surface area contributed by atoms with Crippen molar-refractivity contribution in [2.75, 3.05) is 5.32 Å². The number of anilines is 1. The molecule has 4 aromatic rings. The molecule has 8 heteroatoms. The van der Waals surface area contributed by atoms with Gasteiger partial charge in [0.1, 0.15) is 11.3 Å². The summed E-state index contributed by atoms with van der Waals surface area (Å²) in [5.41, 5.74) is 2.29. The smallest absolute Gasteiger partial charge is 0.320 e. The minimum absolute atomic E-state index is 0.121. The molecule has 4 rings (SSSR count). The van der Waals surface area contributed by atoms with Crippen LogP contribution in [0.25, 0.3) is 16.9 Å². The van der Waals surface area contributed by atoms with Gasteiger partial charge < -0.3 is 14.7 Å². The van der Waals surface area contributed by atoms with Crippen molar-refractivity contribution in [2.45, 2.75) is 6.92 Å². The van der Waals surface area contributed by atoms with Gasteiger partial charge in [0, 0.05) is 24.0 Å². The molecule has 0 aliphatic rings. The van der Waals surface area contributed by atoms with Gasteiger partial charge in [-0.2, -0.15) is 0 Å². The molecule has 134 valence electrons. The molecular weight excluding hydrogens is 346 g/mol. The number of carbonyl (C=O) groups is 1. The predicted octanol–water partition coefficient (Wildman–Crippen LogP) is 1.94. The summed E-state index contributed by atoms with van der Waals surface area (Å²) in [5.74, 6) is -0.592. The van der Waals surface area contributed by atoms with Crippen LogP contribution in [-0.2, 0) is 0 Å². The highest BCUT2D eigenvalue weighted by atomic mass is 16.2. The maximum atomic E-state index is 12.5. The van der Waals surface area contributed by atoms with Crippen LogP contribution in [0.15, 0.2) is 64.4 Å². The van der Waals surface area contributed by atoms with Crippen molar-refractivity contribution in [3.8, 4) is 11.3 Å². The van der Waals surface area contributed by atoms with E-state index in [1.165, 1.54) is 0 Å². The quantitative estimate of drug-likeness (QED) is 0.518. The Hall–Kier alpha value is -3.94. The van der Waals surface area contributed by atoms with E-state index in [2.05, 4.69) is 15.3 Å². The Labute approximate surface area is 152 Å². The number of aromatic nitrogens is 4. The number of pyridine rings is 1. The molecule has 0 spiro atoms. The molecule has 8 nitrogen and oxygen atoms in total. The van der Waals surface area contributed by atoms with Gasteiger partial charge in [0.25, 0.3) is 11.5 Å². The molecule has 0 saturated carbocycles. The van der Waals surface area contributed by atoms with E-state index in [1.807, 2.05) is 53.0 Å². The van der Waals surface area contributed by atoms with Gasteiger partial charge in [0.2, 0.25) is 0 Å². The van der Waals surface area contributed by atoms with E-state index in [9.17, 15) is 14.4 Å². The average molecular weight is 361 g/mol. The number of nitrogens with one attached hydrogen (secondary N) is 3. The number of benzene rings is 1. The second kappa shape index (κ2) is 6.41. The lowest BCUT2D eigenvalue weighted by atomic mass is 10.1. The molecule has 0 aliphatic carbocycles. The van der Waals surface area contributed by atoms with Crippen molar-refractivity contribution in [1.82, 2.24) is 19.4 Å². The van der Waals surface area contributed by atoms with E-state index in [4.69, 9.17) is 0 Å². The lowest BCUT2D eigenvalue weighted by molar-refractivity contribution is 0.102. The lowest BCUT2D eigenvalue weighted by Crippen LogP contribution is -2.27. The van der Waals surface area contributed by atoms with Crippen LogP contribution in [0.3, 0.4) is 0 Å². The maximum Gasteiger partial charge on any atom is 0.326 e. The third-order valence-corrected chi connectivity index (χ3v) is 4.13. The van der Waals surface area contributed by atoms with Crippen LogP contribution in [0.5, 0.6) is 0 Å². The fourth-order valence-electron chi connectivity index (χ4n) is 2.88. The number of fused-ring (bicyclic) bond motifs is 1. The molecular formula is C19H15N5O3.